The summed E-state index contributed by atoms with van der Waals surface area (Å²) in [6.07, 6.45) is 1.03. The van der Waals surface area contributed by atoms with Gasteiger partial charge in [-0.1, -0.05) is 55.4 Å². The number of hydrogen-bond donors (Lipinski definition) is 2. The minimum absolute atomic E-state index is 0.0396. The number of rotatable bonds is 10. The first-order chi connectivity index (χ1) is 11.3. The fraction of sp³-hybridized carbons (Fsp3) is 1.00. The van der Waals surface area contributed by atoms with Crippen molar-refractivity contribution in [1.29, 1.82) is 0 Å². The third kappa shape index (κ3) is 4.97. The summed E-state index contributed by atoms with van der Waals surface area (Å²) in [6, 6.07) is 0. The van der Waals surface area contributed by atoms with Crippen LogP contribution in [-0.4, -0.2) is 36.1 Å². The van der Waals surface area contributed by atoms with E-state index in [-0.39, 0.29) is 16.4 Å². The van der Waals surface area contributed by atoms with E-state index < -0.39 is 5.85 Å². The van der Waals surface area contributed by atoms with Crippen LogP contribution in [0.5, 0.6) is 0 Å². The highest BCUT2D eigenvalue weighted by Crippen LogP contribution is 2.56. The molecule has 0 aromatic rings. The Bertz CT molecular complexity index is 376. The summed E-state index contributed by atoms with van der Waals surface area (Å²) >= 11 is 0. The average molecular weight is 358 g/mol. The van der Waals surface area contributed by atoms with E-state index in [2.05, 4.69) is 98.8 Å². The first-order valence-electron chi connectivity index (χ1n) is 10.2. The van der Waals surface area contributed by atoms with Crippen LogP contribution in [-0.2, 0) is 4.74 Å². The molecule has 0 radical (unpaired) electrons. The van der Waals surface area contributed by atoms with E-state index in [1.807, 2.05) is 0 Å². The van der Waals surface area contributed by atoms with Gasteiger partial charge in [0.1, 0.15) is 0 Å². The van der Waals surface area contributed by atoms with E-state index in [0.717, 1.165) is 19.5 Å². The van der Waals surface area contributed by atoms with E-state index in [0.29, 0.717) is 12.5 Å². The Hall–Kier alpha value is -0.160. The van der Waals surface area contributed by atoms with Crippen LogP contribution in [0.3, 0.4) is 0 Å². The summed E-state index contributed by atoms with van der Waals surface area (Å²) in [5, 5.41) is 6.11. The summed E-state index contributed by atoms with van der Waals surface area (Å²) in [5.74, 6) is -0.140. The SMILES string of the molecule is CCNC(OCC)(N(CC)NC(C)(C)C)C(CC)(C(C)C)C(C)(C)C. The molecule has 2 atom stereocenters. The molecule has 2 N–H and O–H groups in total. The van der Waals surface area contributed by atoms with E-state index >= 15 is 0 Å². The van der Waals surface area contributed by atoms with Crippen molar-refractivity contribution >= 4 is 0 Å². The molecule has 0 bridgehead atoms. The van der Waals surface area contributed by atoms with Gasteiger partial charge in [-0.3, -0.25) is 5.32 Å². The second-order valence-corrected chi connectivity index (χ2v) is 9.44. The molecule has 0 rings (SSSR count). The van der Waals surface area contributed by atoms with Crippen LogP contribution in [0.1, 0.15) is 89.5 Å². The molecule has 4 nitrogen and oxygen atoms in total. The molecular weight excluding hydrogens is 310 g/mol. The largest absolute Gasteiger partial charge is 0.346 e. The van der Waals surface area contributed by atoms with Crippen molar-refractivity contribution in [3.8, 4) is 0 Å². The van der Waals surface area contributed by atoms with Gasteiger partial charge in [0.15, 0.2) is 5.85 Å². The molecule has 0 aliphatic rings. The highest BCUT2D eigenvalue weighted by molar-refractivity contribution is 5.05. The Morgan fingerprint density at radius 3 is 1.68 bits per heavy atom. The van der Waals surface area contributed by atoms with E-state index in [9.17, 15) is 0 Å². The summed E-state index contributed by atoms with van der Waals surface area (Å²) in [5.41, 5.74) is 3.66. The quantitative estimate of drug-likeness (QED) is 0.426. The third-order valence-electron chi connectivity index (χ3n) is 5.42. The summed E-state index contributed by atoms with van der Waals surface area (Å²) in [4.78, 5) is 0. The standard InChI is InChI=1S/C21H47N3O/c1-13-20(17(5)6,18(7,8)9)21(22-14-2,25-16-4)24(15-3)23-19(10,11)12/h17,22-23H,13-16H2,1-12H3. The first-order valence-corrected chi connectivity index (χ1v) is 10.2. The van der Waals surface area contributed by atoms with Gasteiger partial charge < -0.3 is 4.74 Å². The summed E-state index contributed by atoms with van der Waals surface area (Å²) in [6.45, 7) is 29.5. The van der Waals surface area contributed by atoms with E-state index in [1.54, 1.807) is 0 Å². The molecule has 4 heteroatoms. The first kappa shape index (κ1) is 24.8. The zero-order chi connectivity index (χ0) is 20.1. The van der Waals surface area contributed by atoms with Gasteiger partial charge >= 0.3 is 0 Å². The molecule has 0 aliphatic carbocycles. The fourth-order valence-electron chi connectivity index (χ4n) is 4.93. The van der Waals surface area contributed by atoms with Crippen molar-refractivity contribution in [2.24, 2.45) is 16.7 Å². The maximum Gasteiger partial charge on any atom is 0.196 e. The molecule has 0 spiro atoms. The molecule has 0 heterocycles. The Morgan fingerprint density at radius 2 is 1.44 bits per heavy atom. The normalized spacial score (nSPS) is 18.5. The topological polar surface area (TPSA) is 36.5 Å². The van der Waals surface area contributed by atoms with Crippen molar-refractivity contribution in [2.75, 3.05) is 19.7 Å². The number of nitrogens with zero attached hydrogens (tertiary/aromatic N) is 1. The Balaban J connectivity index is 6.69. The van der Waals surface area contributed by atoms with E-state index in [4.69, 9.17) is 4.74 Å². The predicted molar refractivity (Wildman–Crippen MR) is 110 cm³/mol. The van der Waals surface area contributed by atoms with Crippen molar-refractivity contribution in [3.05, 3.63) is 0 Å². The maximum absolute atomic E-state index is 6.67. The van der Waals surface area contributed by atoms with Crippen LogP contribution in [0.15, 0.2) is 0 Å². The number of ether oxygens (including phenoxy) is 1. The van der Waals surface area contributed by atoms with Gasteiger partial charge in [0.2, 0.25) is 0 Å². The Kier molecular flexibility index (Phi) is 9.10. The van der Waals surface area contributed by atoms with Gasteiger partial charge in [-0.25, -0.2) is 10.4 Å². The van der Waals surface area contributed by atoms with Crippen LogP contribution in [0, 0.1) is 16.7 Å². The lowest BCUT2D eigenvalue weighted by molar-refractivity contribution is -0.307. The molecular formula is C21H47N3O. The monoisotopic (exact) mass is 357 g/mol. The lowest BCUT2D eigenvalue weighted by Crippen LogP contribution is -2.78. The van der Waals surface area contributed by atoms with Gasteiger partial charge in [0.05, 0.1) is 0 Å². The van der Waals surface area contributed by atoms with Crippen molar-refractivity contribution in [2.45, 2.75) is 101 Å². The average Bonchev–Trinajstić information content (AvgIpc) is 2.43. The number of hydrazine groups is 1. The number of hydrogen-bond acceptors (Lipinski definition) is 4. The third-order valence-corrected chi connectivity index (χ3v) is 5.42. The summed E-state index contributed by atoms with van der Waals surface area (Å²) in [7, 11) is 0. The van der Waals surface area contributed by atoms with Crippen molar-refractivity contribution < 1.29 is 4.74 Å². The second-order valence-electron chi connectivity index (χ2n) is 9.44. The molecule has 0 aliphatic heterocycles. The molecule has 0 fully saturated rings. The minimum atomic E-state index is -0.584. The zero-order valence-electron chi connectivity index (χ0n) is 19.3. The predicted octanol–water partition coefficient (Wildman–Crippen LogP) is 5.01. The van der Waals surface area contributed by atoms with Gasteiger partial charge in [-0.05, 0) is 52.0 Å². The van der Waals surface area contributed by atoms with Crippen LogP contribution in [0.25, 0.3) is 0 Å². The molecule has 0 aromatic carbocycles. The number of nitrogens with one attached hydrogen (secondary N) is 2. The Labute approximate surface area is 158 Å². The zero-order valence-corrected chi connectivity index (χ0v) is 19.3. The van der Waals surface area contributed by atoms with Crippen LogP contribution in [0.4, 0.5) is 0 Å². The molecule has 25 heavy (non-hydrogen) atoms. The lowest BCUT2D eigenvalue weighted by Gasteiger charge is -2.63. The smallest absolute Gasteiger partial charge is 0.196 e. The van der Waals surface area contributed by atoms with Gasteiger partial charge in [0.25, 0.3) is 0 Å². The highest BCUT2D eigenvalue weighted by Gasteiger charge is 2.62. The minimum Gasteiger partial charge on any atom is -0.346 e. The second kappa shape index (κ2) is 9.16. The molecule has 0 aromatic heterocycles. The molecule has 2 unspecified atom stereocenters. The molecule has 0 saturated heterocycles. The fourth-order valence-corrected chi connectivity index (χ4v) is 4.93. The van der Waals surface area contributed by atoms with Crippen LogP contribution >= 0.6 is 0 Å². The maximum atomic E-state index is 6.67. The summed E-state index contributed by atoms with van der Waals surface area (Å²) < 4.78 is 6.67. The van der Waals surface area contributed by atoms with Gasteiger partial charge in [0, 0.05) is 24.1 Å². The van der Waals surface area contributed by atoms with Gasteiger partial charge in [-0.2, -0.15) is 0 Å². The van der Waals surface area contributed by atoms with Crippen LogP contribution < -0.4 is 10.7 Å². The molecule has 0 saturated carbocycles. The molecule has 0 amide bonds. The lowest BCUT2D eigenvalue weighted by atomic mass is 9.55. The van der Waals surface area contributed by atoms with Gasteiger partial charge in [-0.15, -0.1) is 0 Å². The highest BCUT2D eigenvalue weighted by atomic mass is 16.5. The molecule has 152 valence electrons. The van der Waals surface area contributed by atoms with E-state index in [1.165, 1.54) is 0 Å². The van der Waals surface area contributed by atoms with Crippen molar-refractivity contribution in [1.82, 2.24) is 15.8 Å². The van der Waals surface area contributed by atoms with Crippen molar-refractivity contribution in [3.63, 3.8) is 0 Å². The Morgan fingerprint density at radius 1 is 0.920 bits per heavy atom. The van der Waals surface area contributed by atoms with Crippen LogP contribution in [0.2, 0.25) is 0 Å².